The second-order valence-electron chi connectivity index (χ2n) is 17.6. The lowest BCUT2D eigenvalue weighted by molar-refractivity contribution is 0.671. The van der Waals surface area contributed by atoms with Crippen molar-refractivity contribution >= 4 is 134 Å². The van der Waals surface area contributed by atoms with Crippen LogP contribution in [0.4, 0.5) is 5.69 Å². The fraction of sp³-hybridized carbons (Fsp3) is 0. The van der Waals surface area contributed by atoms with Crippen molar-refractivity contribution in [2.75, 3.05) is 0 Å². The molecule has 0 fully saturated rings. The largest absolute Gasteiger partial charge is 0.454 e. The summed E-state index contributed by atoms with van der Waals surface area (Å²) in [4.78, 5) is 4.68. The third kappa shape index (κ3) is 5.10. The number of fused-ring (bicyclic) bond motifs is 18. The van der Waals surface area contributed by atoms with Gasteiger partial charge in [-0.1, -0.05) is 164 Å². The van der Waals surface area contributed by atoms with Crippen molar-refractivity contribution in [3.05, 3.63) is 211 Å². The van der Waals surface area contributed by atoms with Gasteiger partial charge in [-0.05, 0) is 41.5 Å². The maximum Gasteiger partial charge on any atom is 0.221 e. The van der Waals surface area contributed by atoms with E-state index in [1.165, 1.54) is 20.2 Å². The van der Waals surface area contributed by atoms with E-state index in [1.54, 1.807) is 22.7 Å². The Morgan fingerprint density at radius 1 is 0.435 bits per heavy atom. The van der Waals surface area contributed by atoms with Crippen LogP contribution < -0.4 is 0 Å². The van der Waals surface area contributed by atoms with Crippen molar-refractivity contribution in [3.8, 4) is 39.7 Å². The van der Waals surface area contributed by atoms with Crippen LogP contribution >= 0.6 is 22.7 Å². The molecule has 0 bridgehead atoms. The number of furan rings is 1. The van der Waals surface area contributed by atoms with Gasteiger partial charge in [0.25, 0.3) is 0 Å². The van der Waals surface area contributed by atoms with Crippen LogP contribution in [0.15, 0.2) is 199 Å². The predicted molar refractivity (Wildman–Crippen MR) is 290 cm³/mol. The molecule has 0 aliphatic heterocycles. The SMILES string of the molecule is [C-]#[N+]c1c(-c2ccccc2)c(-n2c3ccccc3c3ccc4c5ccccc5oc4c32)c(-c2ccccc2)c(C#N)c1-n1c2c(ccc3c4ccccc4sc32)c2ccc3c4ccccc4sc3c21. The lowest BCUT2D eigenvalue weighted by Crippen LogP contribution is -2.08. The fourth-order valence-electron chi connectivity index (χ4n) is 11.4. The van der Waals surface area contributed by atoms with E-state index in [0.717, 1.165) is 114 Å². The Bertz CT molecular complexity index is 4600. The van der Waals surface area contributed by atoms with E-state index in [-0.39, 0.29) is 0 Å². The van der Waals surface area contributed by atoms with Crippen molar-refractivity contribution in [1.29, 1.82) is 5.26 Å². The van der Waals surface area contributed by atoms with E-state index < -0.39 is 0 Å². The fourth-order valence-corrected chi connectivity index (χ4v) is 13.8. The number of nitrogens with zero attached hydrogens (tertiary/aromatic N) is 4. The summed E-state index contributed by atoms with van der Waals surface area (Å²) < 4.78 is 16.1. The molecule has 5 aromatic heterocycles. The minimum absolute atomic E-state index is 0.394. The summed E-state index contributed by atoms with van der Waals surface area (Å²) in [5.74, 6) is 0. The molecule has 0 saturated heterocycles. The molecular formula is C62H32N4OS2. The van der Waals surface area contributed by atoms with Gasteiger partial charge in [0.05, 0.1) is 55.0 Å². The zero-order chi connectivity index (χ0) is 45.5. The van der Waals surface area contributed by atoms with E-state index in [9.17, 15) is 11.8 Å². The van der Waals surface area contributed by atoms with E-state index in [1.807, 2.05) is 54.6 Å². The van der Waals surface area contributed by atoms with Gasteiger partial charge < -0.3 is 13.6 Å². The van der Waals surface area contributed by atoms with E-state index in [0.29, 0.717) is 16.9 Å². The molecule has 0 spiro atoms. The number of benzene rings is 10. The molecule has 0 saturated carbocycles. The normalized spacial score (nSPS) is 12.0. The number of hydrogen-bond acceptors (Lipinski definition) is 4. The predicted octanol–water partition coefficient (Wildman–Crippen LogP) is 18.3. The van der Waals surface area contributed by atoms with Crippen molar-refractivity contribution in [1.82, 2.24) is 9.13 Å². The smallest absolute Gasteiger partial charge is 0.221 e. The third-order valence-corrected chi connectivity index (χ3v) is 16.6. The summed E-state index contributed by atoms with van der Waals surface area (Å²) in [6, 6.07) is 70.6. The molecule has 0 amide bonds. The number of thiophene rings is 2. The summed E-state index contributed by atoms with van der Waals surface area (Å²) >= 11 is 3.54. The number of nitriles is 1. The van der Waals surface area contributed by atoms with Gasteiger partial charge in [0.15, 0.2) is 5.58 Å². The number of hydrogen-bond donors (Lipinski definition) is 0. The summed E-state index contributed by atoms with van der Waals surface area (Å²) in [6.45, 7) is 9.57. The Morgan fingerprint density at radius 2 is 0.928 bits per heavy atom. The first-order valence-corrected chi connectivity index (χ1v) is 24.5. The lowest BCUT2D eigenvalue weighted by Gasteiger charge is -2.25. The van der Waals surface area contributed by atoms with Gasteiger partial charge in [-0.15, -0.1) is 22.7 Å². The minimum Gasteiger partial charge on any atom is -0.454 e. The topological polar surface area (TPSA) is 51.1 Å². The van der Waals surface area contributed by atoms with Gasteiger partial charge in [-0.2, -0.15) is 5.26 Å². The molecule has 0 atom stereocenters. The third-order valence-electron chi connectivity index (χ3n) is 14.2. The molecule has 5 heterocycles. The standard InChI is InChI=1S/C62H32N4OS2/c1-64-54-53(36-18-6-3-7-19-36)59(65-48-24-12-8-20-37(48)41-28-31-44-38-21-9-13-25-49(38)67-60(44)56(41)65)52(35-16-4-2-5-17-35)47(34-63)55(54)66-57-42(29-32-45-39-22-10-14-26-50(39)68-61(45)57)43-30-33-46-40-23-11-15-27-51(40)69-62(46)58(43)66/h2-33H. The zero-order valence-corrected chi connectivity index (χ0v) is 38.1. The molecule has 0 N–H and O–H groups in total. The molecule has 15 rings (SSSR count). The maximum absolute atomic E-state index is 12.3. The molecule has 0 radical (unpaired) electrons. The molecule has 5 nitrogen and oxygen atoms in total. The monoisotopic (exact) mass is 912 g/mol. The molecule has 15 aromatic rings. The lowest BCUT2D eigenvalue weighted by atomic mass is 9.88. The van der Waals surface area contributed by atoms with Crippen molar-refractivity contribution in [3.63, 3.8) is 0 Å². The molecule has 0 unspecified atom stereocenters. The summed E-state index contributed by atoms with van der Waals surface area (Å²) in [5, 5.41) is 23.2. The Balaban J connectivity index is 1.24. The number of aromatic nitrogens is 2. The highest BCUT2D eigenvalue weighted by atomic mass is 32.1. The maximum atomic E-state index is 12.3. The van der Waals surface area contributed by atoms with Crippen LogP contribution in [0.5, 0.6) is 0 Å². The molecule has 0 aliphatic carbocycles. The number of para-hydroxylation sites is 2. The molecule has 10 aromatic carbocycles. The summed E-state index contributed by atoms with van der Waals surface area (Å²) in [6.07, 6.45) is 0. The van der Waals surface area contributed by atoms with Crippen LogP contribution in [0.1, 0.15) is 5.56 Å². The molecule has 7 heteroatoms. The van der Waals surface area contributed by atoms with Gasteiger partial charge in [0, 0.05) is 74.4 Å². The van der Waals surface area contributed by atoms with Crippen molar-refractivity contribution in [2.45, 2.75) is 0 Å². The average Bonchev–Trinajstić information content (AvgIpc) is 4.23. The Kier molecular flexibility index (Phi) is 7.89. The van der Waals surface area contributed by atoms with Crippen LogP contribution in [0.2, 0.25) is 0 Å². The van der Waals surface area contributed by atoms with Gasteiger partial charge in [-0.25, -0.2) is 4.85 Å². The van der Waals surface area contributed by atoms with Crippen molar-refractivity contribution in [2.24, 2.45) is 0 Å². The summed E-state index contributed by atoms with van der Waals surface area (Å²) in [7, 11) is 0. The minimum atomic E-state index is 0.394. The Hall–Kier alpha value is -8.98. The van der Waals surface area contributed by atoms with Crippen LogP contribution in [0, 0.1) is 17.9 Å². The molecule has 318 valence electrons. The highest BCUT2D eigenvalue weighted by Crippen LogP contribution is 2.55. The van der Waals surface area contributed by atoms with E-state index >= 15 is 0 Å². The van der Waals surface area contributed by atoms with Crippen LogP contribution in [-0.2, 0) is 0 Å². The second-order valence-corrected chi connectivity index (χ2v) is 19.7. The van der Waals surface area contributed by atoms with Gasteiger partial charge in [0.1, 0.15) is 11.7 Å². The van der Waals surface area contributed by atoms with E-state index in [4.69, 9.17) is 4.42 Å². The number of rotatable bonds is 4. The summed E-state index contributed by atoms with van der Waals surface area (Å²) in [5.41, 5.74) is 10.7. The Labute approximate surface area is 401 Å². The highest BCUT2D eigenvalue weighted by molar-refractivity contribution is 7.27. The first kappa shape index (κ1) is 38.2. The van der Waals surface area contributed by atoms with Crippen LogP contribution in [0.25, 0.3) is 144 Å². The van der Waals surface area contributed by atoms with Crippen LogP contribution in [0.3, 0.4) is 0 Å². The van der Waals surface area contributed by atoms with Crippen LogP contribution in [-0.4, -0.2) is 9.13 Å². The molecule has 0 aliphatic rings. The highest BCUT2D eigenvalue weighted by Gasteiger charge is 2.33. The average molecular weight is 913 g/mol. The zero-order valence-electron chi connectivity index (χ0n) is 36.5. The van der Waals surface area contributed by atoms with Gasteiger partial charge in [0.2, 0.25) is 5.69 Å². The molecule has 69 heavy (non-hydrogen) atoms. The second kappa shape index (κ2) is 14.3. The van der Waals surface area contributed by atoms with Gasteiger partial charge >= 0.3 is 0 Å². The van der Waals surface area contributed by atoms with E-state index in [2.05, 4.69) is 160 Å². The first-order chi connectivity index (χ1) is 34.2. The molecular weight excluding hydrogens is 881 g/mol. The van der Waals surface area contributed by atoms with Crippen molar-refractivity contribution < 1.29 is 4.42 Å². The first-order valence-electron chi connectivity index (χ1n) is 22.9. The van der Waals surface area contributed by atoms with Gasteiger partial charge in [-0.3, -0.25) is 0 Å². The Morgan fingerprint density at radius 3 is 1.54 bits per heavy atom. The quantitative estimate of drug-likeness (QED) is 0.165.